The van der Waals surface area contributed by atoms with Gasteiger partial charge in [0.15, 0.2) is 0 Å². The summed E-state index contributed by atoms with van der Waals surface area (Å²) >= 11 is 1.70. The third-order valence-corrected chi connectivity index (χ3v) is 6.19. The SMILES string of the molecule is C[C@@H]1CN(c2ccc(C(=O)N[C@@H]3CCSc4ccc(F)cc43)cn2)C[C@H](C)O1. The predicted molar refractivity (Wildman–Crippen MR) is 108 cm³/mol. The number of thioether (sulfide) groups is 1. The summed E-state index contributed by atoms with van der Waals surface area (Å²) in [5, 5.41) is 3.04. The van der Waals surface area contributed by atoms with E-state index in [0.717, 1.165) is 41.5 Å². The number of amides is 1. The molecule has 2 aliphatic heterocycles. The van der Waals surface area contributed by atoms with Gasteiger partial charge in [0.2, 0.25) is 0 Å². The van der Waals surface area contributed by atoms with Gasteiger partial charge in [0.1, 0.15) is 11.6 Å². The Hall–Kier alpha value is -2.12. The molecule has 0 saturated carbocycles. The number of hydrogen-bond acceptors (Lipinski definition) is 5. The van der Waals surface area contributed by atoms with Gasteiger partial charge >= 0.3 is 0 Å². The van der Waals surface area contributed by atoms with E-state index in [1.54, 1.807) is 30.1 Å². The molecule has 3 heterocycles. The normalized spacial score (nSPS) is 24.5. The van der Waals surface area contributed by atoms with E-state index in [-0.39, 0.29) is 30.0 Å². The molecule has 28 heavy (non-hydrogen) atoms. The van der Waals surface area contributed by atoms with E-state index in [9.17, 15) is 9.18 Å². The fourth-order valence-electron chi connectivity index (χ4n) is 3.83. The maximum Gasteiger partial charge on any atom is 0.253 e. The van der Waals surface area contributed by atoms with Crippen LogP contribution in [-0.4, -0.2) is 41.9 Å². The van der Waals surface area contributed by atoms with Gasteiger partial charge in [-0.2, -0.15) is 0 Å². The monoisotopic (exact) mass is 401 g/mol. The van der Waals surface area contributed by atoms with Crippen LogP contribution in [0.25, 0.3) is 0 Å². The smallest absolute Gasteiger partial charge is 0.253 e. The maximum absolute atomic E-state index is 13.7. The van der Waals surface area contributed by atoms with Crippen LogP contribution in [0.2, 0.25) is 0 Å². The minimum atomic E-state index is -0.277. The molecule has 1 aromatic heterocycles. The zero-order valence-electron chi connectivity index (χ0n) is 16.0. The van der Waals surface area contributed by atoms with Crippen LogP contribution in [0.15, 0.2) is 41.4 Å². The van der Waals surface area contributed by atoms with Crippen molar-refractivity contribution in [3.8, 4) is 0 Å². The number of benzene rings is 1. The summed E-state index contributed by atoms with van der Waals surface area (Å²) in [7, 11) is 0. The lowest BCUT2D eigenvalue weighted by Gasteiger charge is -2.36. The number of carbonyl (C=O) groups excluding carboxylic acids is 1. The molecule has 148 valence electrons. The molecule has 1 aromatic carbocycles. The van der Waals surface area contributed by atoms with Crippen molar-refractivity contribution < 1.29 is 13.9 Å². The molecule has 1 amide bonds. The van der Waals surface area contributed by atoms with E-state index in [2.05, 4.69) is 15.2 Å². The van der Waals surface area contributed by atoms with Gasteiger partial charge in [0.25, 0.3) is 5.91 Å². The van der Waals surface area contributed by atoms with Crippen LogP contribution in [0.1, 0.15) is 42.2 Å². The minimum Gasteiger partial charge on any atom is -0.372 e. The van der Waals surface area contributed by atoms with Gasteiger partial charge < -0.3 is 15.0 Å². The van der Waals surface area contributed by atoms with Crippen LogP contribution < -0.4 is 10.2 Å². The highest BCUT2D eigenvalue weighted by Crippen LogP contribution is 2.36. The number of nitrogens with one attached hydrogen (secondary N) is 1. The molecular weight excluding hydrogens is 377 g/mol. The van der Waals surface area contributed by atoms with Crippen LogP contribution in [0.3, 0.4) is 0 Å². The molecule has 1 saturated heterocycles. The molecule has 1 fully saturated rings. The number of carbonyl (C=O) groups is 1. The summed E-state index contributed by atoms with van der Waals surface area (Å²) in [6.07, 6.45) is 2.69. The first-order chi connectivity index (χ1) is 13.5. The molecule has 0 spiro atoms. The van der Waals surface area contributed by atoms with E-state index >= 15 is 0 Å². The van der Waals surface area contributed by atoms with Gasteiger partial charge in [-0.15, -0.1) is 11.8 Å². The van der Waals surface area contributed by atoms with Crippen molar-refractivity contribution in [1.29, 1.82) is 0 Å². The number of pyridine rings is 1. The first-order valence-corrected chi connectivity index (χ1v) is 10.6. The highest BCUT2D eigenvalue weighted by molar-refractivity contribution is 7.99. The van der Waals surface area contributed by atoms with Crippen LogP contribution >= 0.6 is 11.8 Å². The summed E-state index contributed by atoms with van der Waals surface area (Å²) in [5.74, 6) is 1.28. The van der Waals surface area contributed by atoms with Crippen LogP contribution in [0.5, 0.6) is 0 Å². The number of hydrogen-bond donors (Lipinski definition) is 1. The van der Waals surface area contributed by atoms with Gasteiger partial charge in [0.05, 0.1) is 23.8 Å². The Morgan fingerprint density at radius 2 is 2.04 bits per heavy atom. The van der Waals surface area contributed by atoms with E-state index in [1.165, 1.54) is 12.1 Å². The quantitative estimate of drug-likeness (QED) is 0.848. The first-order valence-electron chi connectivity index (χ1n) is 9.59. The van der Waals surface area contributed by atoms with Crippen LogP contribution in [0.4, 0.5) is 10.2 Å². The number of aromatic nitrogens is 1. The molecule has 1 N–H and O–H groups in total. The number of morpholine rings is 1. The third kappa shape index (κ3) is 4.15. The molecular formula is C21H24FN3O2S. The topological polar surface area (TPSA) is 54.5 Å². The highest BCUT2D eigenvalue weighted by Gasteiger charge is 2.25. The van der Waals surface area contributed by atoms with E-state index in [1.807, 2.05) is 19.9 Å². The lowest BCUT2D eigenvalue weighted by atomic mass is 10.0. The minimum absolute atomic E-state index is 0.151. The fraction of sp³-hybridized carbons (Fsp3) is 0.429. The number of fused-ring (bicyclic) bond motifs is 1. The molecule has 0 unspecified atom stereocenters. The Bertz CT molecular complexity index is 851. The molecule has 2 aromatic rings. The van der Waals surface area contributed by atoms with Crippen molar-refractivity contribution in [2.75, 3.05) is 23.7 Å². The van der Waals surface area contributed by atoms with Crippen molar-refractivity contribution in [1.82, 2.24) is 10.3 Å². The van der Waals surface area contributed by atoms with E-state index in [4.69, 9.17) is 4.74 Å². The largest absolute Gasteiger partial charge is 0.372 e. The second-order valence-electron chi connectivity index (χ2n) is 7.41. The highest BCUT2D eigenvalue weighted by atomic mass is 32.2. The van der Waals surface area contributed by atoms with Gasteiger partial charge in [0, 0.05) is 29.9 Å². The first kappa shape index (κ1) is 19.2. The Morgan fingerprint density at radius 3 is 2.75 bits per heavy atom. The molecule has 4 rings (SSSR count). The van der Waals surface area contributed by atoms with Crippen molar-refractivity contribution in [3.05, 3.63) is 53.5 Å². The number of anilines is 1. The predicted octanol–water partition coefficient (Wildman–Crippen LogP) is 3.80. The summed E-state index contributed by atoms with van der Waals surface area (Å²) < 4.78 is 19.4. The van der Waals surface area contributed by atoms with Gasteiger partial charge in [-0.05, 0) is 56.2 Å². The van der Waals surface area contributed by atoms with Crippen molar-refractivity contribution in [2.24, 2.45) is 0 Å². The molecule has 0 radical (unpaired) electrons. The van der Waals surface area contributed by atoms with Crippen molar-refractivity contribution >= 4 is 23.5 Å². The maximum atomic E-state index is 13.7. The summed E-state index contributed by atoms with van der Waals surface area (Å²) in [5.41, 5.74) is 1.36. The van der Waals surface area contributed by atoms with Gasteiger partial charge in [-0.1, -0.05) is 0 Å². The molecule has 2 aliphatic rings. The zero-order valence-corrected chi connectivity index (χ0v) is 16.8. The van der Waals surface area contributed by atoms with E-state index < -0.39 is 0 Å². The Balaban J connectivity index is 1.46. The van der Waals surface area contributed by atoms with Gasteiger partial charge in [-0.25, -0.2) is 9.37 Å². The summed E-state index contributed by atoms with van der Waals surface area (Å²) in [6, 6.07) is 8.27. The van der Waals surface area contributed by atoms with Crippen LogP contribution in [0, 0.1) is 5.82 Å². The van der Waals surface area contributed by atoms with Crippen molar-refractivity contribution in [3.63, 3.8) is 0 Å². The summed E-state index contributed by atoms with van der Waals surface area (Å²) in [6.45, 7) is 5.66. The standard InChI is InChI=1S/C21H24FN3O2S/c1-13-11-25(12-14(2)27-13)20-6-3-15(10-23-20)21(26)24-18-7-8-28-19-5-4-16(22)9-17(18)19/h3-6,9-10,13-14,18H,7-8,11-12H2,1-2H3,(H,24,26)/t13-,14+,18-/m1/s1. The van der Waals surface area contributed by atoms with E-state index in [0.29, 0.717) is 5.56 Å². The number of nitrogens with zero attached hydrogens (tertiary/aromatic N) is 2. The third-order valence-electron chi connectivity index (χ3n) is 5.07. The average molecular weight is 402 g/mol. The summed E-state index contributed by atoms with van der Waals surface area (Å²) in [4.78, 5) is 20.4. The molecule has 3 atom stereocenters. The second kappa shape index (κ2) is 8.09. The molecule has 7 heteroatoms. The molecule has 0 aliphatic carbocycles. The Morgan fingerprint density at radius 1 is 1.25 bits per heavy atom. The number of halogens is 1. The molecule has 0 bridgehead atoms. The van der Waals surface area contributed by atoms with Crippen molar-refractivity contribution in [2.45, 2.75) is 43.4 Å². The molecule has 5 nitrogen and oxygen atoms in total. The second-order valence-corrected chi connectivity index (χ2v) is 8.55. The zero-order chi connectivity index (χ0) is 19.7. The lowest BCUT2D eigenvalue weighted by molar-refractivity contribution is -0.00546. The Kier molecular flexibility index (Phi) is 5.55. The average Bonchev–Trinajstić information content (AvgIpc) is 2.68. The fourth-order valence-corrected chi connectivity index (χ4v) is 4.93. The van der Waals surface area contributed by atoms with Crippen LogP contribution in [-0.2, 0) is 4.74 Å². The lowest BCUT2D eigenvalue weighted by Crippen LogP contribution is -2.45. The van der Waals surface area contributed by atoms with Gasteiger partial charge in [-0.3, -0.25) is 4.79 Å². The number of ether oxygens (including phenoxy) is 1. The Labute approximate surface area is 168 Å². The number of rotatable bonds is 3.